The van der Waals surface area contributed by atoms with Crippen molar-refractivity contribution in [2.75, 3.05) is 0 Å². The van der Waals surface area contributed by atoms with E-state index in [4.69, 9.17) is 0 Å². The molecule has 2 fully saturated rings. The van der Waals surface area contributed by atoms with E-state index in [2.05, 4.69) is 6.07 Å². The number of carbonyl (C=O) groups is 2. The first-order chi connectivity index (χ1) is 8.74. The van der Waals surface area contributed by atoms with Gasteiger partial charge in [0.15, 0.2) is 5.78 Å². The smallest absolute Gasteiger partial charge is 0.166 e. The Bertz CT molecular complexity index is 486. The largest absolute Gasteiger partial charge is 0.300 e. The molecule has 94 valence electrons. The van der Waals surface area contributed by atoms with Crippen molar-refractivity contribution in [2.45, 2.75) is 44.4 Å². The molecule has 0 radical (unpaired) electrons. The van der Waals surface area contributed by atoms with Gasteiger partial charge in [0.05, 0.1) is 0 Å². The minimum Gasteiger partial charge on any atom is -0.300 e. The third-order valence-corrected chi connectivity index (χ3v) is 4.07. The number of hydrogen-bond donors (Lipinski definition) is 0. The molecule has 3 rings (SSSR count). The molecule has 0 N–H and O–H groups in total. The molecule has 2 aliphatic rings. The standard InChI is InChI=1S/C16H18O2/c17-15-6-2-5-14(10-15)16(18)13-4-1-3-12(9-13)11-7-8-11/h1,3-4,9,11,14H,2,5-8,10H2. The molecule has 1 unspecified atom stereocenters. The monoisotopic (exact) mass is 242 g/mol. The summed E-state index contributed by atoms with van der Waals surface area (Å²) in [5.74, 6) is 1.02. The van der Waals surface area contributed by atoms with Crippen LogP contribution in [0, 0.1) is 5.92 Å². The van der Waals surface area contributed by atoms with Crippen molar-refractivity contribution in [2.24, 2.45) is 5.92 Å². The summed E-state index contributed by atoms with van der Waals surface area (Å²) in [5.41, 5.74) is 2.10. The highest BCUT2D eigenvalue weighted by Gasteiger charge is 2.28. The molecule has 0 bridgehead atoms. The second kappa shape index (κ2) is 4.68. The number of ketones is 2. The van der Waals surface area contributed by atoms with Crippen LogP contribution in [-0.4, -0.2) is 11.6 Å². The number of benzene rings is 1. The summed E-state index contributed by atoms with van der Waals surface area (Å²) >= 11 is 0. The molecule has 0 aromatic heterocycles. The molecular formula is C16H18O2. The molecule has 1 aromatic carbocycles. The van der Waals surface area contributed by atoms with Crippen LogP contribution in [0.3, 0.4) is 0 Å². The molecule has 2 aliphatic carbocycles. The van der Waals surface area contributed by atoms with Crippen LogP contribution >= 0.6 is 0 Å². The molecule has 1 aromatic rings. The van der Waals surface area contributed by atoms with Crippen molar-refractivity contribution in [3.05, 3.63) is 35.4 Å². The minimum atomic E-state index is -0.0688. The van der Waals surface area contributed by atoms with Crippen LogP contribution in [0.15, 0.2) is 24.3 Å². The summed E-state index contributed by atoms with van der Waals surface area (Å²) in [6, 6.07) is 8.03. The van der Waals surface area contributed by atoms with Crippen LogP contribution in [0.4, 0.5) is 0 Å². The van der Waals surface area contributed by atoms with E-state index in [-0.39, 0.29) is 17.5 Å². The Morgan fingerprint density at radius 1 is 1.17 bits per heavy atom. The molecule has 0 saturated heterocycles. The van der Waals surface area contributed by atoms with Crippen molar-refractivity contribution in [3.8, 4) is 0 Å². The van der Waals surface area contributed by atoms with Gasteiger partial charge in [-0.2, -0.15) is 0 Å². The topological polar surface area (TPSA) is 34.1 Å². The molecule has 2 saturated carbocycles. The zero-order valence-electron chi connectivity index (χ0n) is 10.5. The lowest BCUT2D eigenvalue weighted by atomic mass is 9.83. The minimum absolute atomic E-state index is 0.0688. The lowest BCUT2D eigenvalue weighted by Gasteiger charge is -2.19. The first kappa shape index (κ1) is 11.6. The number of Topliss-reactive ketones (excluding diaryl/α,β-unsaturated/α-hetero) is 2. The van der Waals surface area contributed by atoms with E-state index >= 15 is 0 Å². The highest BCUT2D eigenvalue weighted by molar-refractivity contribution is 6.00. The van der Waals surface area contributed by atoms with Gasteiger partial charge in [0, 0.05) is 24.3 Å². The fourth-order valence-electron chi connectivity index (χ4n) is 2.85. The van der Waals surface area contributed by atoms with Crippen molar-refractivity contribution < 1.29 is 9.59 Å². The number of rotatable bonds is 3. The van der Waals surface area contributed by atoms with E-state index in [1.165, 1.54) is 18.4 Å². The molecule has 18 heavy (non-hydrogen) atoms. The summed E-state index contributed by atoms with van der Waals surface area (Å²) in [7, 11) is 0. The Kier molecular flexibility index (Phi) is 3.02. The highest BCUT2D eigenvalue weighted by atomic mass is 16.1. The summed E-state index contributed by atoms with van der Waals surface area (Å²) in [4.78, 5) is 23.8. The maximum atomic E-state index is 12.4. The van der Waals surface area contributed by atoms with E-state index < -0.39 is 0 Å². The number of carbonyl (C=O) groups excluding carboxylic acids is 2. The predicted octanol–water partition coefficient (Wildman–Crippen LogP) is 3.51. The first-order valence-electron chi connectivity index (χ1n) is 6.90. The Morgan fingerprint density at radius 2 is 2.00 bits per heavy atom. The summed E-state index contributed by atoms with van der Waals surface area (Å²) in [6.45, 7) is 0. The summed E-state index contributed by atoms with van der Waals surface area (Å²) in [5, 5.41) is 0. The van der Waals surface area contributed by atoms with Gasteiger partial charge in [-0.25, -0.2) is 0 Å². The van der Waals surface area contributed by atoms with Gasteiger partial charge in [0.2, 0.25) is 0 Å². The van der Waals surface area contributed by atoms with Gasteiger partial charge >= 0.3 is 0 Å². The van der Waals surface area contributed by atoms with E-state index in [9.17, 15) is 9.59 Å². The molecule has 2 nitrogen and oxygen atoms in total. The Balaban J connectivity index is 1.78. The molecule has 1 atom stereocenters. The van der Waals surface area contributed by atoms with E-state index in [0.29, 0.717) is 18.8 Å². The second-order valence-corrected chi connectivity index (χ2v) is 5.60. The summed E-state index contributed by atoms with van der Waals surface area (Å²) < 4.78 is 0. The van der Waals surface area contributed by atoms with Gasteiger partial charge in [-0.15, -0.1) is 0 Å². The molecule has 0 spiro atoms. The van der Waals surface area contributed by atoms with Crippen molar-refractivity contribution in [3.63, 3.8) is 0 Å². The number of hydrogen-bond acceptors (Lipinski definition) is 2. The van der Waals surface area contributed by atoms with Crippen LogP contribution in [0.25, 0.3) is 0 Å². The fourth-order valence-corrected chi connectivity index (χ4v) is 2.85. The zero-order valence-corrected chi connectivity index (χ0v) is 10.5. The highest BCUT2D eigenvalue weighted by Crippen LogP contribution is 2.40. The Morgan fingerprint density at radius 3 is 2.72 bits per heavy atom. The summed E-state index contributed by atoms with van der Waals surface area (Å²) in [6.07, 6.45) is 5.35. The normalized spacial score (nSPS) is 24.0. The maximum absolute atomic E-state index is 12.4. The maximum Gasteiger partial charge on any atom is 0.166 e. The lowest BCUT2D eigenvalue weighted by molar-refractivity contribution is -0.121. The van der Waals surface area contributed by atoms with E-state index in [1.807, 2.05) is 18.2 Å². The lowest BCUT2D eigenvalue weighted by Crippen LogP contribution is -2.23. The third-order valence-electron chi connectivity index (χ3n) is 4.07. The van der Waals surface area contributed by atoms with Crippen molar-refractivity contribution >= 4 is 11.6 Å². The SMILES string of the molecule is O=C1CCCC(C(=O)c2cccc(C3CC3)c2)C1. The van der Waals surface area contributed by atoms with Gasteiger partial charge in [0.1, 0.15) is 5.78 Å². The van der Waals surface area contributed by atoms with Gasteiger partial charge < -0.3 is 0 Å². The second-order valence-electron chi connectivity index (χ2n) is 5.60. The first-order valence-corrected chi connectivity index (χ1v) is 6.90. The average Bonchev–Trinajstić information content (AvgIpc) is 3.22. The van der Waals surface area contributed by atoms with Crippen molar-refractivity contribution in [1.82, 2.24) is 0 Å². The van der Waals surface area contributed by atoms with Crippen LogP contribution in [0.1, 0.15) is 60.4 Å². The Labute approximate surface area is 107 Å². The van der Waals surface area contributed by atoms with Crippen molar-refractivity contribution in [1.29, 1.82) is 0 Å². The molecule has 0 amide bonds. The van der Waals surface area contributed by atoms with Crippen LogP contribution in [-0.2, 0) is 4.79 Å². The Hall–Kier alpha value is -1.44. The van der Waals surface area contributed by atoms with E-state index in [1.54, 1.807) is 0 Å². The van der Waals surface area contributed by atoms with Gasteiger partial charge in [-0.1, -0.05) is 18.2 Å². The quantitative estimate of drug-likeness (QED) is 0.760. The third kappa shape index (κ3) is 2.38. The van der Waals surface area contributed by atoms with Gasteiger partial charge in [0.25, 0.3) is 0 Å². The van der Waals surface area contributed by atoms with Gasteiger partial charge in [-0.05, 0) is 43.2 Å². The average molecular weight is 242 g/mol. The molecular weight excluding hydrogens is 224 g/mol. The van der Waals surface area contributed by atoms with Crippen LogP contribution in [0.2, 0.25) is 0 Å². The van der Waals surface area contributed by atoms with Crippen LogP contribution < -0.4 is 0 Å². The molecule has 2 heteroatoms. The molecule has 0 aliphatic heterocycles. The van der Waals surface area contributed by atoms with Gasteiger partial charge in [-0.3, -0.25) is 9.59 Å². The van der Waals surface area contributed by atoms with E-state index in [0.717, 1.165) is 18.4 Å². The predicted molar refractivity (Wildman–Crippen MR) is 69.7 cm³/mol. The van der Waals surface area contributed by atoms with Crippen LogP contribution in [0.5, 0.6) is 0 Å². The zero-order chi connectivity index (χ0) is 12.5. The fraction of sp³-hybridized carbons (Fsp3) is 0.500. The molecule has 0 heterocycles.